The Labute approximate surface area is 247 Å². The van der Waals surface area contributed by atoms with E-state index in [1.54, 1.807) is 0 Å². The molecule has 13 heteroatoms. The quantitative estimate of drug-likeness (QED) is 0.479. The zero-order valence-electron chi connectivity index (χ0n) is 23.6. The number of likely N-dealkylation sites (tertiary alicyclic amines) is 1. The maximum atomic E-state index is 12.2. The second kappa shape index (κ2) is 13.6. The molecule has 1 aromatic heterocycles. The minimum atomic E-state index is -5.08. The number of aliphatic carboxylic acids is 1. The first-order valence-electron chi connectivity index (χ1n) is 14.1. The molecule has 1 N–H and O–H groups in total. The van der Waals surface area contributed by atoms with E-state index in [-0.39, 0.29) is 24.0 Å². The Morgan fingerprint density at radius 3 is 2.21 bits per heavy atom. The van der Waals surface area contributed by atoms with Crippen LogP contribution in [0.1, 0.15) is 61.4 Å². The highest BCUT2D eigenvalue weighted by molar-refractivity contribution is 6.30. The summed E-state index contributed by atoms with van der Waals surface area (Å²) < 4.78 is 40.0. The van der Waals surface area contributed by atoms with Gasteiger partial charge in [0.1, 0.15) is 0 Å². The highest BCUT2D eigenvalue weighted by Crippen LogP contribution is 2.36. The van der Waals surface area contributed by atoms with Crippen molar-refractivity contribution in [2.45, 2.75) is 82.2 Å². The number of amides is 2. The van der Waals surface area contributed by atoms with Gasteiger partial charge in [-0.3, -0.25) is 24.1 Å². The summed E-state index contributed by atoms with van der Waals surface area (Å²) in [5.41, 5.74) is 3.66. The molecule has 9 nitrogen and oxygen atoms in total. The topological polar surface area (TPSA) is 105 Å². The average Bonchev–Trinajstić information content (AvgIpc) is 3.45. The van der Waals surface area contributed by atoms with Crippen LogP contribution in [0.25, 0.3) is 0 Å². The molecular weight excluding hydrogens is 577 g/mol. The number of carbonyl (C=O) groups is 3. The maximum Gasteiger partial charge on any atom is 0.490 e. The molecule has 0 radical (unpaired) electrons. The van der Waals surface area contributed by atoms with E-state index in [0.29, 0.717) is 38.0 Å². The summed E-state index contributed by atoms with van der Waals surface area (Å²) in [5, 5.41) is 12.6. The number of halogens is 4. The number of morpholine rings is 1. The molecule has 2 aliphatic heterocycles. The van der Waals surface area contributed by atoms with Crippen LogP contribution in [0.15, 0.2) is 30.3 Å². The molecule has 0 bridgehead atoms. The summed E-state index contributed by atoms with van der Waals surface area (Å²) >= 11 is 6.10. The standard InChI is InChI=1S/C27H35ClN4O3.C2HF3O2/c1-18-13-25(29-30(18)2)20-5-9-22(10-6-20)31-15-24(16-32-26(33)11-12-27(32)34)35-17-23(31)14-19-3-7-21(28)8-4-19;3-2(4,5)1(6)7/h3-4,7-8,13,20,22-24H,5-6,9-12,14-17H2,1-2H3;(H,6,7)/t20?,22?,23-,24+;/m0./s1. The molecular formula is C29H36ClF3N4O5. The summed E-state index contributed by atoms with van der Waals surface area (Å²) in [7, 11) is 2.01. The molecule has 1 aromatic carbocycles. The van der Waals surface area contributed by atoms with E-state index >= 15 is 0 Å². The number of ether oxygens (including phenoxy) is 1. The largest absolute Gasteiger partial charge is 0.490 e. The van der Waals surface area contributed by atoms with Gasteiger partial charge in [-0.2, -0.15) is 18.3 Å². The molecule has 5 rings (SSSR count). The van der Waals surface area contributed by atoms with Gasteiger partial charge in [-0.05, 0) is 62.8 Å². The van der Waals surface area contributed by atoms with Gasteiger partial charge in [-0.25, -0.2) is 4.79 Å². The van der Waals surface area contributed by atoms with Crippen molar-refractivity contribution in [3.05, 3.63) is 52.3 Å². The van der Waals surface area contributed by atoms with E-state index in [4.69, 9.17) is 31.3 Å². The number of rotatable bonds is 6. The Hall–Kier alpha value is -2.96. The Morgan fingerprint density at radius 2 is 1.69 bits per heavy atom. The van der Waals surface area contributed by atoms with Gasteiger partial charge in [0.25, 0.3) is 0 Å². The first-order chi connectivity index (χ1) is 19.8. The third-order valence-corrected chi connectivity index (χ3v) is 8.54. The SMILES string of the molecule is Cc1cc(C2CCC(N3C[C@H](CN4C(=O)CCC4=O)OC[C@@H]3Cc3ccc(Cl)cc3)CC2)nn1C.O=C(O)C(F)(F)F. The number of imide groups is 1. The molecule has 2 aromatic rings. The number of benzene rings is 1. The van der Waals surface area contributed by atoms with Crippen LogP contribution in [-0.2, 0) is 32.6 Å². The van der Waals surface area contributed by atoms with Gasteiger partial charge in [-0.1, -0.05) is 23.7 Å². The van der Waals surface area contributed by atoms with Crippen molar-refractivity contribution in [3.8, 4) is 0 Å². The molecule has 2 atom stereocenters. The monoisotopic (exact) mass is 612 g/mol. The number of aryl methyl sites for hydroxylation is 2. The van der Waals surface area contributed by atoms with Gasteiger partial charge in [0, 0.05) is 55.2 Å². The van der Waals surface area contributed by atoms with Gasteiger partial charge in [0.15, 0.2) is 0 Å². The van der Waals surface area contributed by atoms with Crippen LogP contribution in [-0.4, -0.2) is 86.5 Å². The van der Waals surface area contributed by atoms with E-state index in [1.165, 1.54) is 21.9 Å². The molecule has 3 aliphatic rings. The van der Waals surface area contributed by atoms with Gasteiger partial charge in [-0.15, -0.1) is 0 Å². The van der Waals surface area contributed by atoms with Crippen molar-refractivity contribution < 1.29 is 37.4 Å². The highest BCUT2D eigenvalue weighted by atomic mass is 35.5. The summed E-state index contributed by atoms with van der Waals surface area (Å²) in [6, 6.07) is 11.0. The number of nitrogens with zero attached hydrogens (tertiary/aromatic N) is 4. The van der Waals surface area contributed by atoms with Crippen molar-refractivity contribution in [1.82, 2.24) is 19.6 Å². The summed E-state index contributed by atoms with van der Waals surface area (Å²) in [6.07, 6.45) is 0.803. The number of aromatic nitrogens is 2. The number of alkyl halides is 3. The smallest absolute Gasteiger partial charge is 0.475 e. The minimum absolute atomic E-state index is 0.0698. The minimum Gasteiger partial charge on any atom is -0.475 e. The number of carbonyl (C=O) groups excluding carboxylic acids is 2. The number of carboxylic acids is 1. The number of carboxylic acid groups (broad SMARTS) is 1. The molecule has 2 amide bonds. The highest BCUT2D eigenvalue weighted by Gasteiger charge is 2.39. The first kappa shape index (κ1) is 32.0. The summed E-state index contributed by atoms with van der Waals surface area (Å²) in [4.78, 5) is 37.3. The molecule has 3 heterocycles. The normalized spacial score (nSPS) is 25.3. The van der Waals surface area contributed by atoms with Gasteiger partial charge >= 0.3 is 12.1 Å². The summed E-state index contributed by atoms with van der Waals surface area (Å²) in [5.74, 6) is -2.38. The Morgan fingerprint density at radius 1 is 1.10 bits per heavy atom. The molecule has 3 fully saturated rings. The zero-order chi connectivity index (χ0) is 30.6. The van der Waals surface area contributed by atoms with Crippen LogP contribution in [0, 0.1) is 6.92 Å². The second-order valence-electron chi connectivity index (χ2n) is 11.2. The van der Waals surface area contributed by atoms with Crippen molar-refractivity contribution in [1.29, 1.82) is 0 Å². The second-order valence-corrected chi connectivity index (χ2v) is 11.6. The molecule has 230 valence electrons. The third kappa shape index (κ3) is 8.11. The Balaban J connectivity index is 0.000000517. The fourth-order valence-corrected chi connectivity index (χ4v) is 6.05. The predicted molar refractivity (Wildman–Crippen MR) is 148 cm³/mol. The van der Waals surface area contributed by atoms with Crippen LogP contribution < -0.4 is 0 Å². The van der Waals surface area contributed by atoms with Crippen LogP contribution in [0.4, 0.5) is 13.2 Å². The van der Waals surface area contributed by atoms with Gasteiger partial charge < -0.3 is 9.84 Å². The lowest BCUT2D eigenvalue weighted by Crippen LogP contribution is -2.57. The Bertz CT molecular complexity index is 1230. The molecule has 0 unspecified atom stereocenters. The van der Waals surface area contributed by atoms with Crippen molar-refractivity contribution in [2.24, 2.45) is 7.05 Å². The van der Waals surface area contributed by atoms with Crippen LogP contribution in [0.2, 0.25) is 5.02 Å². The fraction of sp³-hybridized carbons (Fsp3) is 0.586. The van der Waals surface area contributed by atoms with E-state index in [0.717, 1.165) is 43.7 Å². The lowest BCUT2D eigenvalue weighted by molar-refractivity contribution is -0.192. The van der Waals surface area contributed by atoms with Crippen LogP contribution in [0.3, 0.4) is 0 Å². The van der Waals surface area contributed by atoms with Crippen molar-refractivity contribution in [2.75, 3.05) is 19.7 Å². The number of hydrogen-bond donors (Lipinski definition) is 1. The maximum absolute atomic E-state index is 12.2. The van der Waals surface area contributed by atoms with E-state index in [9.17, 15) is 22.8 Å². The summed E-state index contributed by atoms with van der Waals surface area (Å²) in [6.45, 7) is 3.81. The number of hydrogen-bond acceptors (Lipinski definition) is 6. The third-order valence-electron chi connectivity index (χ3n) is 8.29. The van der Waals surface area contributed by atoms with E-state index < -0.39 is 12.1 Å². The fourth-order valence-electron chi connectivity index (χ4n) is 5.93. The van der Waals surface area contributed by atoms with Crippen molar-refractivity contribution in [3.63, 3.8) is 0 Å². The molecule has 1 saturated carbocycles. The van der Waals surface area contributed by atoms with Crippen molar-refractivity contribution >= 4 is 29.4 Å². The van der Waals surface area contributed by atoms with Crippen LogP contribution >= 0.6 is 11.6 Å². The molecule has 2 saturated heterocycles. The van der Waals surface area contributed by atoms with Gasteiger partial charge in [0.05, 0.1) is 24.9 Å². The van der Waals surface area contributed by atoms with Gasteiger partial charge in [0.2, 0.25) is 11.8 Å². The molecule has 0 spiro atoms. The molecule has 42 heavy (non-hydrogen) atoms. The van der Waals surface area contributed by atoms with Crippen LogP contribution in [0.5, 0.6) is 0 Å². The Kier molecular flexibility index (Phi) is 10.3. The molecule has 1 aliphatic carbocycles. The lowest BCUT2D eigenvalue weighted by Gasteiger charge is -2.46. The van der Waals surface area contributed by atoms with E-state index in [2.05, 4.69) is 30.0 Å². The zero-order valence-corrected chi connectivity index (χ0v) is 24.4. The van der Waals surface area contributed by atoms with E-state index in [1.807, 2.05) is 23.9 Å². The predicted octanol–water partition coefficient (Wildman–Crippen LogP) is 4.50. The first-order valence-corrected chi connectivity index (χ1v) is 14.4. The lowest BCUT2D eigenvalue weighted by atomic mass is 9.82. The average molecular weight is 613 g/mol.